The Balaban J connectivity index is 2.20. The summed E-state index contributed by atoms with van der Waals surface area (Å²) in [5.41, 5.74) is 0. The van der Waals surface area contributed by atoms with E-state index in [-0.39, 0.29) is 0 Å². The summed E-state index contributed by atoms with van der Waals surface area (Å²) in [6, 6.07) is 0.807. The predicted molar refractivity (Wildman–Crippen MR) is 54.3 cm³/mol. The highest BCUT2D eigenvalue weighted by Gasteiger charge is 2.19. The van der Waals surface area contributed by atoms with Crippen LogP contribution in [-0.4, -0.2) is 12.6 Å². The molecule has 1 rings (SSSR count). The molecule has 0 aliphatic carbocycles. The minimum absolute atomic E-state index is 0.807. The summed E-state index contributed by atoms with van der Waals surface area (Å²) in [6.07, 6.45) is 5.55. The molecule has 2 atom stereocenters. The van der Waals surface area contributed by atoms with Gasteiger partial charge in [-0.3, -0.25) is 0 Å². The van der Waals surface area contributed by atoms with Crippen molar-refractivity contribution in [1.29, 1.82) is 0 Å². The molecule has 1 heterocycles. The zero-order valence-corrected chi connectivity index (χ0v) is 8.77. The van der Waals surface area contributed by atoms with Gasteiger partial charge in [-0.2, -0.15) is 0 Å². The zero-order chi connectivity index (χ0) is 8.97. The largest absolute Gasteiger partial charge is 0.314 e. The van der Waals surface area contributed by atoms with Crippen LogP contribution in [0.1, 0.15) is 46.5 Å². The Labute approximate surface area is 76.9 Å². The van der Waals surface area contributed by atoms with Gasteiger partial charge in [0.05, 0.1) is 0 Å². The third kappa shape index (κ3) is 3.14. The fraction of sp³-hybridized carbons (Fsp3) is 1.00. The highest BCUT2D eigenvalue weighted by atomic mass is 14.9. The second-order valence-electron chi connectivity index (χ2n) is 4.65. The number of hydrogen-bond donors (Lipinski definition) is 1. The molecule has 1 saturated heterocycles. The van der Waals surface area contributed by atoms with Gasteiger partial charge >= 0.3 is 0 Å². The highest BCUT2D eigenvalue weighted by molar-refractivity contribution is 4.78. The molecule has 2 unspecified atom stereocenters. The molecule has 1 aliphatic heterocycles. The van der Waals surface area contributed by atoms with Crippen LogP contribution in [-0.2, 0) is 0 Å². The normalized spacial score (nSPS) is 31.0. The summed E-state index contributed by atoms with van der Waals surface area (Å²) in [6.45, 7) is 8.26. The van der Waals surface area contributed by atoms with Crippen LogP contribution in [0.5, 0.6) is 0 Å². The summed E-state index contributed by atoms with van der Waals surface area (Å²) in [4.78, 5) is 0. The second kappa shape index (κ2) is 4.86. The van der Waals surface area contributed by atoms with Crippen LogP contribution < -0.4 is 5.32 Å². The summed E-state index contributed by atoms with van der Waals surface area (Å²) in [5, 5.41) is 3.62. The Morgan fingerprint density at radius 2 is 2.17 bits per heavy atom. The van der Waals surface area contributed by atoms with Crippen molar-refractivity contribution in [2.24, 2.45) is 11.8 Å². The van der Waals surface area contributed by atoms with Gasteiger partial charge in [0.1, 0.15) is 0 Å². The van der Waals surface area contributed by atoms with Crippen LogP contribution in [0.2, 0.25) is 0 Å². The summed E-state index contributed by atoms with van der Waals surface area (Å²) >= 11 is 0. The minimum Gasteiger partial charge on any atom is -0.314 e. The van der Waals surface area contributed by atoms with E-state index in [0.717, 1.165) is 17.9 Å². The molecular formula is C11H23N. The number of piperidine rings is 1. The average Bonchev–Trinajstić information content (AvgIpc) is 2.03. The van der Waals surface area contributed by atoms with E-state index >= 15 is 0 Å². The van der Waals surface area contributed by atoms with Gasteiger partial charge in [0, 0.05) is 6.04 Å². The summed E-state index contributed by atoms with van der Waals surface area (Å²) in [5.74, 6) is 1.76. The molecule has 0 aromatic heterocycles. The van der Waals surface area contributed by atoms with Crippen molar-refractivity contribution in [3.8, 4) is 0 Å². The lowest BCUT2D eigenvalue weighted by Gasteiger charge is -2.30. The minimum atomic E-state index is 0.807. The first kappa shape index (κ1) is 10.0. The Kier molecular flexibility index (Phi) is 4.07. The third-order valence-electron chi connectivity index (χ3n) is 2.98. The number of nitrogens with one attached hydrogen (secondary N) is 1. The molecule has 0 saturated carbocycles. The standard InChI is InChI=1S/C11H23N/c1-9(2)6-7-11-10(3)5-4-8-12-11/h9-12H,4-8H2,1-3H3. The van der Waals surface area contributed by atoms with Crippen LogP contribution in [0.25, 0.3) is 0 Å². The van der Waals surface area contributed by atoms with Crippen molar-refractivity contribution in [2.45, 2.75) is 52.5 Å². The van der Waals surface area contributed by atoms with E-state index in [4.69, 9.17) is 0 Å². The average molecular weight is 169 g/mol. The quantitative estimate of drug-likeness (QED) is 0.685. The van der Waals surface area contributed by atoms with Crippen LogP contribution >= 0.6 is 0 Å². The van der Waals surface area contributed by atoms with Gasteiger partial charge in [0.2, 0.25) is 0 Å². The first-order valence-electron chi connectivity index (χ1n) is 5.43. The number of hydrogen-bond acceptors (Lipinski definition) is 1. The van der Waals surface area contributed by atoms with Gasteiger partial charge in [-0.1, -0.05) is 20.8 Å². The van der Waals surface area contributed by atoms with Gasteiger partial charge < -0.3 is 5.32 Å². The maximum atomic E-state index is 3.62. The number of rotatable bonds is 3. The maximum absolute atomic E-state index is 3.62. The van der Waals surface area contributed by atoms with E-state index in [0.29, 0.717) is 0 Å². The van der Waals surface area contributed by atoms with Gasteiger partial charge in [-0.05, 0) is 44.1 Å². The Hall–Kier alpha value is -0.0400. The predicted octanol–water partition coefficient (Wildman–Crippen LogP) is 2.81. The first-order chi connectivity index (χ1) is 5.70. The highest BCUT2D eigenvalue weighted by Crippen LogP contribution is 2.20. The molecule has 1 N–H and O–H groups in total. The molecule has 1 nitrogen and oxygen atoms in total. The van der Waals surface area contributed by atoms with E-state index in [1.165, 1.54) is 32.2 Å². The van der Waals surface area contributed by atoms with Crippen molar-refractivity contribution in [2.75, 3.05) is 6.54 Å². The third-order valence-corrected chi connectivity index (χ3v) is 2.98. The van der Waals surface area contributed by atoms with E-state index < -0.39 is 0 Å². The van der Waals surface area contributed by atoms with Crippen LogP contribution in [0.15, 0.2) is 0 Å². The topological polar surface area (TPSA) is 12.0 Å². The van der Waals surface area contributed by atoms with Crippen LogP contribution in [0.4, 0.5) is 0 Å². The van der Waals surface area contributed by atoms with E-state index in [1.54, 1.807) is 0 Å². The van der Waals surface area contributed by atoms with E-state index in [1.807, 2.05) is 0 Å². The molecule has 0 aromatic carbocycles. The Bertz CT molecular complexity index is 120. The van der Waals surface area contributed by atoms with Crippen molar-refractivity contribution in [3.05, 3.63) is 0 Å². The molecule has 0 amide bonds. The van der Waals surface area contributed by atoms with Gasteiger partial charge in [0.25, 0.3) is 0 Å². The Morgan fingerprint density at radius 1 is 1.42 bits per heavy atom. The molecule has 12 heavy (non-hydrogen) atoms. The van der Waals surface area contributed by atoms with Crippen molar-refractivity contribution in [3.63, 3.8) is 0 Å². The SMILES string of the molecule is CC(C)CCC1NCCCC1C. The molecular weight excluding hydrogens is 146 g/mol. The van der Waals surface area contributed by atoms with Crippen LogP contribution in [0, 0.1) is 11.8 Å². The van der Waals surface area contributed by atoms with E-state index in [2.05, 4.69) is 26.1 Å². The second-order valence-corrected chi connectivity index (χ2v) is 4.65. The lowest BCUT2D eigenvalue weighted by Crippen LogP contribution is -2.40. The smallest absolute Gasteiger partial charge is 0.00927 e. The molecule has 0 radical (unpaired) electrons. The van der Waals surface area contributed by atoms with Crippen molar-refractivity contribution in [1.82, 2.24) is 5.32 Å². The molecule has 0 spiro atoms. The molecule has 1 heteroatoms. The maximum Gasteiger partial charge on any atom is 0.00927 e. The van der Waals surface area contributed by atoms with Crippen molar-refractivity contribution < 1.29 is 0 Å². The fourth-order valence-electron chi connectivity index (χ4n) is 2.01. The fourth-order valence-corrected chi connectivity index (χ4v) is 2.01. The zero-order valence-electron chi connectivity index (χ0n) is 8.77. The summed E-state index contributed by atoms with van der Waals surface area (Å²) < 4.78 is 0. The molecule has 0 bridgehead atoms. The lowest BCUT2D eigenvalue weighted by molar-refractivity contribution is 0.273. The summed E-state index contributed by atoms with van der Waals surface area (Å²) in [7, 11) is 0. The van der Waals surface area contributed by atoms with Crippen molar-refractivity contribution >= 4 is 0 Å². The van der Waals surface area contributed by atoms with Gasteiger partial charge in [-0.15, -0.1) is 0 Å². The molecule has 1 aliphatic rings. The van der Waals surface area contributed by atoms with Gasteiger partial charge in [0.15, 0.2) is 0 Å². The Morgan fingerprint density at radius 3 is 2.75 bits per heavy atom. The van der Waals surface area contributed by atoms with Crippen LogP contribution in [0.3, 0.4) is 0 Å². The molecule has 72 valence electrons. The first-order valence-corrected chi connectivity index (χ1v) is 5.43. The van der Waals surface area contributed by atoms with E-state index in [9.17, 15) is 0 Å². The lowest BCUT2D eigenvalue weighted by atomic mass is 9.88. The molecule has 1 fully saturated rings. The molecule has 0 aromatic rings. The monoisotopic (exact) mass is 169 g/mol. The van der Waals surface area contributed by atoms with Gasteiger partial charge in [-0.25, -0.2) is 0 Å².